The Morgan fingerprint density at radius 3 is 2.59 bits per heavy atom. The third-order valence-electron chi connectivity index (χ3n) is 4.98. The molecular formula is C24H24N8O2. The Morgan fingerprint density at radius 1 is 1.18 bits per heavy atom. The van der Waals surface area contributed by atoms with E-state index in [1.807, 2.05) is 43.3 Å². The molecule has 10 heteroatoms. The largest absolute Gasteiger partial charge is 0.369 e. The molecule has 34 heavy (non-hydrogen) atoms. The monoisotopic (exact) mass is 456 g/mol. The normalized spacial score (nSPS) is 12.2. The van der Waals surface area contributed by atoms with Crippen molar-refractivity contribution < 1.29 is 5.21 Å². The Bertz CT molecular complexity index is 1470. The van der Waals surface area contributed by atoms with Crippen LogP contribution in [0.15, 0.2) is 83.5 Å². The molecule has 0 aliphatic carbocycles. The van der Waals surface area contributed by atoms with Gasteiger partial charge >= 0.3 is 5.69 Å². The van der Waals surface area contributed by atoms with Gasteiger partial charge in [-0.05, 0) is 37.6 Å². The van der Waals surface area contributed by atoms with Crippen LogP contribution in [0.3, 0.4) is 0 Å². The first-order valence-corrected chi connectivity index (χ1v) is 10.5. The summed E-state index contributed by atoms with van der Waals surface area (Å²) in [5.74, 6) is 0.00339. The highest BCUT2D eigenvalue weighted by Crippen LogP contribution is 2.33. The second-order valence-corrected chi connectivity index (χ2v) is 7.76. The molecule has 0 atom stereocenters. The number of hydrogen-bond donors (Lipinski definition) is 3. The molecule has 0 saturated carbocycles. The Hall–Kier alpha value is -4.57. The topological polar surface area (TPSA) is 136 Å². The molecule has 0 bridgehead atoms. The summed E-state index contributed by atoms with van der Waals surface area (Å²) in [6, 6.07) is 13.0. The number of aromatic nitrogens is 6. The molecule has 0 radical (unpaired) electrons. The average Bonchev–Trinajstić information content (AvgIpc) is 3.15. The third kappa shape index (κ3) is 4.48. The summed E-state index contributed by atoms with van der Waals surface area (Å²) < 4.78 is 2.54. The molecule has 0 aliphatic rings. The van der Waals surface area contributed by atoms with E-state index < -0.39 is 5.69 Å². The van der Waals surface area contributed by atoms with Crippen LogP contribution in [0.1, 0.15) is 25.1 Å². The quantitative estimate of drug-likeness (QED) is 0.285. The smallest absolute Gasteiger partial charge is 0.353 e. The fourth-order valence-corrected chi connectivity index (χ4v) is 3.56. The second kappa shape index (κ2) is 9.51. The molecule has 0 unspecified atom stereocenters. The van der Waals surface area contributed by atoms with Gasteiger partial charge in [0.05, 0.1) is 23.5 Å². The number of allylic oxidation sites excluding steroid dienone is 5. The standard InChI is InChI=1S/C24H24N8O2/c1-15(2)12-18(13-16(3)30-34)20-21(17-8-5-4-6-9-17)27-23(25)32-22(20)29-31(24(32)33)14-19-10-7-11-26-28-19/h4-13,30,34H,1,14H2,2-3H3,(H2,25,27)/b16-13-,18-12+. The van der Waals surface area contributed by atoms with Crippen molar-refractivity contribution >= 4 is 17.2 Å². The van der Waals surface area contributed by atoms with Crippen molar-refractivity contribution in [1.29, 1.82) is 0 Å². The minimum Gasteiger partial charge on any atom is -0.369 e. The van der Waals surface area contributed by atoms with Gasteiger partial charge in [-0.1, -0.05) is 48.6 Å². The molecule has 4 aromatic rings. The lowest BCUT2D eigenvalue weighted by Gasteiger charge is -2.14. The molecule has 4 rings (SSSR count). The predicted octanol–water partition coefficient (Wildman–Crippen LogP) is 2.82. The van der Waals surface area contributed by atoms with Gasteiger partial charge in [-0.3, -0.25) is 10.7 Å². The van der Waals surface area contributed by atoms with E-state index in [0.717, 1.165) is 11.1 Å². The molecule has 10 nitrogen and oxygen atoms in total. The number of nitrogens with two attached hydrogens (primary N) is 1. The summed E-state index contributed by atoms with van der Waals surface area (Å²) in [5, 5.41) is 21.9. The molecule has 1 aromatic carbocycles. The lowest BCUT2D eigenvalue weighted by Crippen LogP contribution is -2.24. The Balaban J connectivity index is 2.08. The van der Waals surface area contributed by atoms with Crippen LogP contribution < -0.4 is 16.9 Å². The van der Waals surface area contributed by atoms with Gasteiger partial charge < -0.3 is 5.73 Å². The van der Waals surface area contributed by atoms with Gasteiger partial charge in [-0.25, -0.2) is 18.9 Å². The second-order valence-electron chi connectivity index (χ2n) is 7.76. The molecule has 0 spiro atoms. The Kier molecular flexibility index (Phi) is 6.33. The summed E-state index contributed by atoms with van der Waals surface area (Å²) in [6.45, 7) is 7.65. The first kappa shape index (κ1) is 22.6. The van der Waals surface area contributed by atoms with Gasteiger partial charge in [0.25, 0.3) is 0 Å². The SMILES string of the molecule is C=C(C)/C=C(\C=C(\C)NO)c1c(-c2ccccc2)nc(N)n2c(=O)n(Cc3cccnn3)nc12. The number of hydroxylamine groups is 1. The highest BCUT2D eigenvalue weighted by Gasteiger charge is 2.22. The molecule has 0 aliphatic heterocycles. The summed E-state index contributed by atoms with van der Waals surface area (Å²) in [6.07, 6.45) is 5.10. The van der Waals surface area contributed by atoms with E-state index in [-0.39, 0.29) is 12.5 Å². The van der Waals surface area contributed by atoms with Gasteiger partial charge in [-0.15, -0.1) is 5.10 Å². The Labute approximate surface area is 195 Å². The molecule has 0 amide bonds. The molecule has 4 N–H and O–H groups in total. The van der Waals surface area contributed by atoms with Crippen LogP contribution in [-0.2, 0) is 6.54 Å². The van der Waals surface area contributed by atoms with E-state index >= 15 is 0 Å². The number of nitrogens with one attached hydrogen (secondary N) is 1. The molecular weight excluding hydrogens is 432 g/mol. The highest BCUT2D eigenvalue weighted by atomic mass is 16.5. The number of rotatable bonds is 7. The molecule has 172 valence electrons. The number of nitrogen functional groups attached to an aromatic ring is 1. The molecule has 3 heterocycles. The van der Waals surface area contributed by atoms with Crippen LogP contribution in [0.4, 0.5) is 5.95 Å². The van der Waals surface area contributed by atoms with Gasteiger partial charge in [0, 0.05) is 17.5 Å². The van der Waals surface area contributed by atoms with Crippen molar-refractivity contribution in [3.05, 3.63) is 100 Å². The predicted molar refractivity (Wildman–Crippen MR) is 130 cm³/mol. The van der Waals surface area contributed by atoms with E-state index in [0.29, 0.717) is 33.9 Å². The number of fused-ring (bicyclic) bond motifs is 1. The summed E-state index contributed by atoms with van der Waals surface area (Å²) in [4.78, 5) is 17.9. The van der Waals surface area contributed by atoms with Crippen molar-refractivity contribution in [2.75, 3.05) is 5.73 Å². The highest BCUT2D eigenvalue weighted by molar-refractivity contribution is 5.92. The first-order valence-electron chi connectivity index (χ1n) is 10.5. The molecule has 0 saturated heterocycles. The van der Waals surface area contributed by atoms with E-state index in [2.05, 4.69) is 32.3 Å². The summed E-state index contributed by atoms with van der Waals surface area (Å²) in [7, 11) is 0. The minimum atomic E-state index is -0.456. The zero-order valence-electron chi connectivity index (χ0n) is 18.8. The fraction of sp³-hybridized carbons (Fsp3) is 0.125. The summed E-state index contributed by atoms with van der Waals surface area (Å²) >= 11 is 0. The van der Waals surface area contributed by atoms with E-state index in [9.17, 15) is 10.0 Å². The lowest BCUT2D eigenvalue weighted by atomic mass is 9.97. The van der Waals surface area contributed by atoms with E-state index in [1.54, 1.807) is 31.3 Å². The fourth-order valence-electron chi connectivity index (χ4n) is 3.56. The van der Waals surface area contributed by atoms with Crippen LogP contribution in [0.25, 0.3) is 22.5 Å². The zero-order chi connectivity index (χ0) is 24.2. The minimum absolute atomic E-state index is 0.00339. The maximum Gasteiger partial charge on any atom is 0.353 e. The first-order chi connectivity index (χ1) is 16.4. The van der Waals surface area contributed by atoms with E-state index in [4.69, 9.17) is 5.73 Å². The molecule has 3 aromatic heterocycles. The van der Waals surface area contributed by atoms with Gasteiger partial charge in [-0.2, -0.15) is 10.2 Å². The number of anilines is 1. The number of hydrogen-bond acceptors (Lipinski definition) is 8. The summed E-state index contributed by atoms with van der Waals surface area (Å²) in [5.41, 5.74) is 12.6. The Morgan fingerprint density at radius 2 is 1.94 bits per heavy atom. The van der Waals surface area contributed by atoms with Crippen molar-refractivity contribution in [2.45, 2.75) is 20.4 Å². The van der Waals surface area contributed by atoms with Crippen molar-refractivity contribution in [2.24, 2.45) is 0 Å². The van der Waals surface area contributed by atoms with Gasteiger partial charge in [0.2, 0.25) is 5.95 Å². The third-order valence-corrected chi connectivity index (χ3v) is 4.98. The van der Waals surface area contributed by atoms with Crippen LogP contribution in [0.5, 0.6) is 0 Å². The molecule has 0 fully saturated rings. The van der Waals surface area contributed by atoms with Gasteiger partial charge in [0.1, 0.15) is 0 Å². The number of nitrogens with zero attached hydrogens (tertiary/aromatic N) is 6. The van der Waals surface area contributed by atoms with Crippen LogP contribution >= 0.6 is 0 Å². The van der Waals surface area contributed by atoms with Gasteiger partial charge in [0.15, 0.2) is 5.65 Å². The van der Waals surface area contributed by atoms with Crippen LogP contribution in [-0.4, -0.2) is 34.6 Å². The van der Waals surface area contributed by atoms with Crippen molar-refractivity contribution in [1.82, 2.24) is 34.8 Å². The average molecular weight is 457 g/mol. The maximum absolute atomic E-state index is 13.3. The van der Waals surface area contributed by atoms with Crippen molar-refractivity contribution in [3.63, 3.8) is 0 Å². The van der Waals surface area contributed by atoms with Crippen LogP contribution in [0, 0.1) is 0 Å². The van der Waals surface area contributed by atoms with Crippen molar-refractivity contribution in [3.8, 4) is 11.3 Å². The van der Waals surface area contributed by atoms with E-state index in [1.165, 1.54) is 9.08 Å². The number of benzene rings is 1. The lowest BCUT2D eigenvalue weighted by molar-refractivity contribution is 0.201. The maximum atomic E-state index is 13.3. The van der Waals surface area contributed by atoms with Crippen LogP contribution in [0.2, 0.25) is 0 Å². The zero-order valence-corrected chi connectivity index (χ0v) is 18.8.